The number of carbonyl (C=O) groups is 3. The summed E-state index contributed by atoms with van der Waals surface area (Å²) in [5, 5.41) is 33.7. The summed E-state index contributed by atoms with van der Waals surface area (Å²) >= 11 is 0. The van der Waals surface area contributed by atoms with E-state index in [1.807, 2.05) is 19.1 Å². The predicted octanol–water partition coefficient (Wildman–Crippen LogP) is 2.31. The highest BCUT2D eigenvalue weighted by Gasteiger charge is 2.62. The molecule has 0 bridgehead atoms. The molecule has 0 amide bonds. The summed E-state index contributed by atoms with van der Waals surface area (Å²) < 4.78 is 5.76. The monoisotopic (exact) mass is 455 g/mol. The van der Waals surface area contributed by atoms with Crippen LogP contribution in [0.1, 0.15) is 42.6 Å². The Morgan fingerprint density at radius 3 is 2.55 bits per heavy atom. The van der Waals surface area contributed by atoms with E-state index < -0.39 is 57.9 Å². The van der Waals surface area contributed by atoms with Gasteiger partial charge in [-0.15, -0.1) is 0 Å². The van der Waals surface area contributed by atoms with E-state index in [1.54, 1.807) is 25.1 Å². The number of nitrogens with zero attached hydrogens (tertiary/aromatic N) is 1. The van der Waals surface area contributed by atoms with Gasteiger partial charge in [0.2, 0.25) is 5.78 Å². The topological polar surface area (TPSA) is 124 Å². The van der Waals surface area contributed by atoms with E-state index in [0.29, 0.717) is 24.3 Å². The zero-order chi connectivity index (χ0) is 24.2. The van der Waals surface area contributed by atoms with Crippen LogP contribution < -0.4 is 4.74 Å². The molecule has 4 rings (SSSR count). The highest BCUT2D eigenvalue weighted by Crippen LogP contribution is 2.52. The molecule has 8 heteroatoms. The van der Waals surface area contributed by atoms with E-state index in [4.69, 9.17) is 4.74 Å². The molecule has 0 aromatic heterocycles. The molecule has 0 aliphatic heterocycles. The molecule has 1 aromatic rings. The number of benzene rings is 1. The summed E-state index contributed by atoms with van der Waals surface area (Å²) in [5.41, 5.74) is -1.96. The third kappa shape index (κ3) is 3.23. The summed E-state index contributed by atoms with van der Waals surface area (Å²) in [4.78, 5) is 40.7. The normalized spacial score (nSPS) is 29.1. The maximum Gasteiger partial charge on any atom is 0.209 e. The van der Waals surface area contributed by atoms with Crippen molar-refractivity contribution in [3.63, 3.8) is 0 Å². The van der Waals surface area contributed by atoms with Gasteiger partial charge in [-0.2, -0.15) is 0 Å². The minimum absolute atomic E-state index is 0.0241. The molecule has 0 heterocycles. The highest BCUT2D eigenvalue weighted by molar-refractivity contribution is 6.25. The first-order chi connectivity index (χ1) is 15.5. The van der Waals surface area contributed by atoms with Gasteiger partial charge in [0.15, 0.2) is 17.2 Å². The quantitative estimate of drug-likeness (QED) is 0.578. The van der Waals surface area contributed by atoms with Gasteiger partial charge in [-0.3, -0.25) is 19.3 Å². The molecule has 0 saturated heterocycles. The van der Waals surface area contributed by atoms with Crippen molar-refractivity contribution in [2.45, 2.75) is 44.8 Å². The van der Waals surface area contributed by atoms with E-state index in [1.165, 1.54) is 0 Å². The van der Waals surface area contributed by atoms with Gasteiger partial charge in [0.05, 0.1) is 18.2 Å². The third-order valence-corrected chi connectivity index (χ3v) is 7.01. The van der Waals surface area contributed by atoms with Gasteiger partial charge in [0.25, 0.3) is 0 Å². The molecule has 3 aliphatic rings. The molecule has 1 aromatic carbocycles. The average Bonchev–Trinajstić information content (AvgIpc) is 2.74. The van der Waals surface area contributed by atoms with Gasteiger partial charge in [-0.1, -0.05) is 19.1 Å². The Balaban J connectivity index is 1.91. The Bertz CT molecular complexity index is 1120. The standard InChI is InChI=1S/C25H29NO7/c1-5-9-33-16-8-6-7-13-10-14-11-15-20(26(3)4)22(29)17(12(2)27)23(30)25(15,32)24(31)19(14)21(28)18(13)16/h6-8,14-15,20,29,31-32H,5,9-11H2,1-4H3/t14-,15-,20-,25+/m0/s1. The maximum absolute atomic E-state index is 13.6. The second-order valence-electron chi connectivity index (χ2n) is 9.29. The number of rotatable bonds is 5. The third-order valence-electron chi connectivity index (χ3n) is 7.01. The van der Waals surface area contributed by atoms with Crippen molar-refractivity contribution in [3.05, 3.63) is 52.0 Å². The van der Waals surface area contributed by atoms with Crippen molar-refractivity contribution < 1.29 is 34.4 Å². The van der Waals surface area contributed by atoms with Crippen molar-refractivity contribution in [1.82, 2.24) is 4.90 Å². The molecule has 0 fully saturated rings. The van der Waals surface area contributed by atoms with Crippen molar-refractivity contribution in [2.24, 2.45) is 11.8 Å². The van der Waals surface area contributed by atoms with Gasteiger partial charge < -0.3 is 20.1 Å². The van der Waals surface area contributed by atoms with E-state index in [0.717, 1.165) is 18.9 Å². The predicted molar refractivity (Wildman–Crippen MR) is 119 cm³/mol. The van der Waals surface area contributed by atoms with Crippen LogP contribution in [0.4, 0.5) is 0 Å². The molecule has 8 nitrogen and oxygen atoms in total. The number of fused-ring (bicyclic) bond motifs is 3. The molecule has 0 saturated carbocycles. The van der Waals surface area contributed by atoms with Crippen LogP contribution in [0.3, 0.4) is 0 Å². The van der Waals surface area contributed by atoms with Crippen LogP contribution in [0.15, 0.2) is 40.9 Å². The van der Waals surface area contributed by atoms with Gasteiger partial charge in [0, 0.05) is 11.5 Å². The number of ether oxygens (including phenoxy) is 1. The van der Waals surface area contributed by atoms with Crippen LogP contribution >= 0.6 is 0 Å². The molecule has 176 valence electrons. The fourth-order valence-corrected chi connectivity index (χ4v) is 5.61. The lowest BCUT2D eigenvalue weighted by Crippen LogP contribution is -2.63. The first-order valence-corrected chi connectivity index (χ1v) is 11.2. The molecule has 0 radical (unpaired) electrons. The van der Waals surface area contributed by atoms with Crippen molar-refractivity contribution in [3.8, 4) is 5.75 Å². The molecule has 3 aliphatic carbocycles. The van der Waals surface area contributed by atoms with Crippen molar-refractivity contribution >= 4 is 17.3 Å². The summed E-state index contributed by atoms with van der Waals surface area (Å²) in [6.07, 6.45) is 1.33. The summed E-state index contributed by atoms with van der Waals surface area (Å²) in [5.74, 6) is -4.43. The van der Waals surface area contributed by atoms with E-state index in [-0.39, 0.29) is 12.0 Å². The number of hydrogen-bond acceptors (Lipinski definition) is 8. The number of aliphatic hydroxyl groups excluding tert-OH is 2. The number of hydrogen-bond donors (Lipinski definition) is 3. The summed E-state index contributed by atoms with van der Waals surface area (Å²) in [7, 11) is 3.31. The molecule has 0 spiro atoms. The van der Waals surface area contributed by atoms with Crippen molar-refractivity contribution in [1.29, 1.82) is 0 Å². The largest absolute Gasteiger partial charge is 0.510 e. The average molecular weight is 456 g/mol. The summed E-state index contributed by atoms with van der Waals surface area (Å²) in [6, 6.07) is 4.45. The molecule has 3 N–H and O–H groups in total. The molecule has 33 heavy (non-hydrogen) atoms. The molecule has 4 atom stereocenters. The second-order valence-corrected chi connectivity index (χ2v) is 9.29. The van der Waals surface area contributed by atoms with Gasteiger partial charge in [0.1, 0.15) is 22.8 Å². The van der Waals surface area contributed by atoms with E-state index in [2.05, 4.69) is 0 Å². The first kappa shape index (κ1) is 23.2. The Kier molecular flexibility index (Phi) is 5.70. The van der Waals surface area contributed by atoms with Gasteiger partial charge in [-0.25, -0.2) is 0 Å². The Hall–Kier alpha value is -2.97. The zero-order valence-corrected chi connectivity index (χ0v) is 19.2. The Morgan fingerprint density at radius 2 is 1.94 bits per heavy atom. The second kappa shape index (κ2) is 8.11. The number of likely N-dealkylation sites (N-methyl/N-ethyl adjacent to an activating group) is 1. The van der Waals surface area contributed by atoms with Crippen LogP contribution in [0.25, 0.3) is 0 Å². The number of ketones is 3. The Morgan fingerprint density at radius 1 is 1.24 bits per heavy atom. The molecular formula is C25H29NO7. The lowest BCUT2D eigenvalue weighted by Gasteiger charge is -2.50. The minimum atomic E-state index is -2.49. The van der Waals surface area contributed by atoms with Crippen molar-refractivity contribution in [2.75, 3.05) is 20.7 Å². The molecular weight excluding hydrogens is 426 g/mol. The Labute approximate surface area is 192 Å². The first-order valence-electron chi connectivity index (χ1n) is 11.2. The lowest BCUT2D eigenvalue weighted by molar-refractivity contribution is -0.148. The van der Waals surface area contributed by atoms with Crippen LogP contribution in [0.2, 0.25) is 0 Å². The van der Waals surface area contributed by atoms with Gasteiger partial charge in [-0.05, 0) is 57.8 Å². The number of allylic oxidation sites excluding steroid dienone is 1. The fourth-order valence-electron chi connectivity index (χ4n) is 5.61. The van der Waals surface area contributed by atoms with Crippen LogP contribution in [-0.2, 0) is 16.0 Å². The van der Waals surface area contributed by atoms with Crippen LogP contribution in [-0.4, -0.2) is 69.9 Å². The summed E-state index contributed by atoms with van der Waals surface area (Å²) in [6.45, 7) is 3.48. The maximum atomic E-state index is 13.6. The minimum Gasteiger partial charge on any atom is -0.510 e. The van der Waals surface area contributed by atoms with E-state index >= 15 is 0 Å². The van der Waals surface area contributed by atoms with E-state index in [9.17, 15) is 29.7 Å². The van der Waals surface area contributed by atoms with Crippen LogP contribution in [0, 0.1) is 11.8 Å². The zero-order valence-electron chi connectivity index (χ0n) is 19.2. The van der Waals surface area contributed by atoms with Gasteiger partial charge >= 0.3 is 0 Å². The fraction of sp³-hybridized carbons (Fsp3) is 0.480. The molecule has 0 unspecified atom stereocenters. The number of carbonyl (C=O) groups excluding carboxylic acids is 3. The SMILES string of the molecule is CCCOc1cccc2c1C(=O)C1=C(O)[C@]3(O)C(=O)C(C(C)=O)=C(O)[C@@H](N(C)C)[C@@H]3C[C@@H]1C2. The number of Topliss-reactive ketones (excluding diaryl/α,β-unsaturated/α-hetero) is 3. The lowest BCUT2D eigenvalue weighted by atomic mass is 9.58. The number of aliphatic hydroxyl groups is 3. The highest BCUT2D eigenvalue weighted by atomic mass is 16.5. The smallest absolute Gasteiger partial charge is 0.209 e. The van der Waals surface area contributed by atoms with Crippen LogP contribution in [0.5, 0.6) is 5.75 Å².